The van der Waals surface area contributed by atoms with E-state index in [4.69, 9.17) is 20.4 Å². The van der Waals surface area contributed by atoms with Crippen LogP contribution in [0.4, 0.5) is 0 Å². The van der Waals surface area contributed by atoms with E-state index in [9.17, 15) is 28.8 Å². The molecule has 2 rings (SSSR count). The molecule has 200 valence electrons. The quantitative estimate of drug-likeness (QED) is 0.123. The first-order valence-corrected chi connectivity index (χ1v) is 10.2. The van der Waals surface area contributed by atoms with Crippen LogP contribution >= 0.6 is 0 Å². The number of carboxylic acid groups (broad SMARTS) is 4. The smallest absolute Gasteiger partial charge is 0.328 e. The van der Waals surface area contributed by atoms with Crippen molar-refractivity contribution in [2.24, 2.45) is 0 Å². The Kier molecular flexibility index (Phi) is 16.3. The van der Waals surface area contributed by atoms with Crippen molar-refractivity contribution in [2.45, 2.75) is 19.3 Å². The number of aliphatic carboxylic acids is 4. The standard InChI is InChI=1S/C13H18N6O2.2C4H4O4/c20-12(16-3-1-10-6-14-8-18-10)5-13(21)17-4-2-11-7-15-9-19-11;2*5-3(6)1-2-4(7)8/h6-9H,1-5H2,(H,14,18)(H,15,19)(H,16,20)(H,17,21);2*1-2H,(H,5,6)(H,7,8)/b;2*2-1-. The number of imidazole rings is 2. The molecule has 0 aliphatic carbocycles. The molecule has 0 aliphatic heterocycles. The average Bonchev–Trinajstić information content (AvgIpc) is 3.52. The van der Waals surface area contributed by atoms with E-state index in [-0.39, 0.29) is 18.2 Å². The fourth-order valence-electron chi connectivity index (χ4n) is 2.07. The lowest BCUT2D eigenvalue weighted by molar-refractivity contribution is -0.134. The Morgan fingerprint density at radius 3 is 1.22 bits per heavy atom. The summed E-state index contributed by atoms with van der Waals surface area (Å²) in [5.41, 5.74) is 1.89. The predicted octanol–water partition coefficient (Wildman–Crippen LogP) is -1.04. The Morgan fingerprint density at radius 2 is 0.973 bits per heavy atom. The third-order valence-corrected chi connectivity index (χ3v) is 3.60. The van der Waals surface area contributed by atoms with Gasteiger partial charge in [0.2, 0.25) is 11.8 Å². The minimum atomic E-state index is -1.26. The summed E-state index contributed by atoms with van der Waals surface area (Å²) in [5.74, 6) is -5.60. The van der Waals surface area contributed by atoms with Gasteiger partial charge in [-0.25, -0.2) is 29.1 Å². The van der Waals surface area contributed by atoms with Gasteiger partial charge in [0.05, 0.1) is 12.7 Å². The van der Waals surface area contributed by atoms with E-state index in [1.54, 1.807) is 25.0 Å². The third kappa shape index (κ3) is 21.0. The number of carbonyl (C=O) groups excluding carboxylic acids is 2. The van der Waals surface area contributed by atoms with Gasteiger partial charge in [-0.05, 0) is 0 Å². The van der Waals surface area contributed by atoms with Crippen molar-refractivity contribution >= 4 is 35.7 Å². The monoisotopic (exact) mass is 522 g/mol. The van der Waals surface area contributed by atoms with Crippen LogP contribution in [0.25, 0.3) is 0 Å². The van der Waals surface area contributed by atoms with Crippen LogP contribution in [-0.4, -0.2) is 89.1 Å². The predicted molar refractivity (Wildman–Crippen MR) is 124 cm³/mol. The molecule has 37 heavy (non-hydrogen) atoms. The van der Waals surface area contributed by atoms with Crippen LogP contribution in [0.15, 0.2) is 49.4 Å². The molecule has 2 heterocycles. The van der Waals surface area contributed by atoms with E-state index in [1.165, 1.54) is 0 Å². The molecule has 0 aliphatic rings. The van der Waals surface area contributed by atoms with Gasteiger partial charge in [0, 0.05) is 74.0 Å². The maximum Gasteiger partial charge on any atom is 0.328 e. The zero-order valence-corrected chi connectivity index (χ0v) is 19.3. The zero-order chi connectivity index (χ0) is 28.1. The molecule has 2 amide bonds. The third-order valence-electron chi connectivity index (χ3n) is 3.60. The number of hydrogen-bond donors (Lipinski definition) is 8. The first kappa shape index (κ1) is 31.7. The molecule has 0 bridgehead atoms. The Labute approximate surface area is 209 Å². The molecule has 0 radical (unpaired) electrons. The topological polar surface area (TPSA) is 265 Å². The molecule has 0 aromatic carbocycles. The van der Waals surface area contributed by atoms with Crippen molar-refractivity contribution in [3.63, 3.8) is 0 Å². The fraction of sp³-hybridized carbons (Fsp3) is 0.238. The summed E-state index contributed by atoms with van der Waals surface area (Å²) in [4.78, 5) is 75.0. The second-order valence-electron chi connectivity index (χ2n) is 6.55. The largest absolute Gasteiger partial charge is 0.478 e. The summed E-state index contributed by atoms with van der Waals surface area (Å²) >= 11 is 0. The fourth-order valence-corrected chi connectivity index (χ4v) is 2.07. The van der Waals surface area contributed by atoms with E-state index >= 15 is 0 Å². The van der Waals surface area contributed by atoms with Gasteiger partial charge >= 0.3 is 23.9 Å². The molecule has 2 aromatic rings. The summed E-state index contributed by atoms with van der Waals surface area (Å²) in [5, 5.41) is 36.6. The minimum Gasteiger partial charge on any atom is -0.478 e. The molecule has 8 N–H and O–H groups in total. The van der Waals surface area contributed by atoms with Gasteiger partial charge in [0.15, 0.2) is 0 Å². The van der Waals surface area contributed by atoms with E-state index in [1.807, 2.05) is 0 Å². The Bertz CT molecular complexity index is 946. The maximum atomic E-state index is 11.6. The number of carbonyl (C=O) groups is 6. The number of aromatic nitrogens is 4. The summed E-state index contributed by atoms with van der Waals surface area (Å²) in [6.45, 7) is 0.949. The first-order valence-electron chi connectivity index (χ1n) is 10.2. The van der Waals surface area contributed by atoms with Gasteiger partial charge in [0.25, 0.3) is 0 Å². The van der Waals surface area contributed by atoms with Crippen molar-refractivity contribution in [2.75, 3.05) is 13.1 Å². The average molecular weight is 522 g/mol. The van der Waals surface area contributed by atoms with Gasteiger partial charge in [-0.3, -0.25) is 9.59 Å². The second-order valence-corrected chi connectivity index (χ2v) is 6.55. The van der Waals surface area contributed by atoms with Crippen LogP contribution in [0.1, 0.15) is 17.8 Å². The van der Waals surface area contributed by atoms with Gasteiger partial charge in [-0.2, -0.15) is 0 Å². The number of H-pyrrole nitrogens is 2. The molecule has 0 unspecified atom stereocenters. The number of rotatable bonds is 12. The molecule has 16 nitrogen and oxygen atoms in total. The van der Waals surface area contributed by atoms with Crippen molar-refractivity contribution in [3.05, 3.63) is 60.7 Å². The highest BCUT2D eigenvalue weighted by atomic mass is 16.4. The second kappa shape index (κ2) is 19.1. The van der Waals surface area contributed by atoms with Crippen molar-refractivity contribution in [3.8, 4) is 0 Å². The molecule has 0 fully saturated rings. The van der Waals surface area contributed by atoms with Gasteiger partial charge < -0.3 is 41.0 Å². The number of hydrogen-bond acceptors (Lipinski definition) is 8. The number of nitrogens with zero attached hydrogens (tertiary/aromatic N) is 2. The van der Waals surface area contributed by atoms with E-state index in [0.29, 0.717) is 50.2 Å². The molecule has 0 saturated heterocycles. The highest BCUT2D eigenvalue weighted by Gasteiger charge is 2.08. The minimum absolute atomic E-state index is 0.161. The first-order chi connectivity index (χ1) is 17.5. The van der Waals surface area contributed by atoms with Crippen LogP contribution in [0, 0.1) is 0 Å². The summed E-state index contributed by atoms with van der Waals surface area (Å²) in [7, 11) is 0. The lowest BCUT2D eigenvalue weighted by Crippen LogP contribution is -2.33. The van der Waals surface area contributed by atoms with Crippen LogP contribution in [-0.2, 0) is 41.6 Å². The summed E-state index contributed by atoms with van der Waals surface area (Å²) < 4.78 is 0. The van der Waals surface area contributed by atoms with Gasteiger partial charge in [-0.1, -0.05) is 0 Å². The van der Waals surface area contributed by atoms with E-state index < -0.39 is 23.9 Å². The lowest BCUT2D eigenvalue weighted by Gasteiger charge is -2.05. The number of nitrogens with one attached hydrogen (secondary N) is 4. The van der Waals surface area contributed by atoms with E-state index in [0.717, 1.165) is 11.4 Å². The van der Waals surface area contributed by atoms with Crippen LogP contribution in [0.5, 0.6) is 0 Å². The van der Waals surface area contributed by atoms with Gasteiger partial charge in [-0.15, -0.1) is 0 Å². The maximum absolute atomic E-state index is 11.6. The number of amides is 2. The molecule has 0 spiro atoms. The SMILES string of the molecule is O=C(CC(=O)NCCc1cnc[nH]1)NCCc1cnc[nH]1.O=C(O)/C=C\C(=O)O.O=C(O)/C=C\C(=O)O. The highest BCUT2D eigenvalue weighted by molar-refractivity contribution is 5.96. The lowest BCUT2D eigenvalue weighted by atomic mass is 10.3. The number of aromatic amines is 2. The normalized spacial score (nSPS) is 9.95. The van der Waals surface area contributed by atoms with Crippen LogP contribution in [0.2, 0.25) is 0 Å². The van der Waals surface area contributed by atoms with Crippen molar-refractivity contribution in [1.82, 2.24) is 30.6 Å². The van der Waals surface area contributed by atoms with Crippen molar-refractivity contribution in [1.29, 1.82) is 0 Å². The number of carboxylic acids is 4. The van der Waals surface area contributed by atoms with Crippen LogP contribution < -0.4 is 10.6 Å². The molecular formula is C21H26N6O10. The molecule has 16 heteroatoms. The molecule has 0 saturated carbocycles. The van der Waals surface area contributed by atoms with Crippen LogP contribution in [0.3, 0.4) is 0 Å². The Balaban J connectivity index is 0.000000669. The molecule has 0 atom stereocenters. The van der Waals surface area contributed by atoms with Crippen molar-refractivity contribution < 1.29 is 49.2 Å². The Morgan fingerprint density at radius 1 is 0.649 bits per heavy atom. The molecular weight excluding hydrogens is 496 g/mol. The summed E-state index contributed by atoms with van der Waals surface area (Å²) in [6.07, 6.45) is 9.97. The van der Waals surface area contributed by atoms with E-state index in [2.05, 4.69) is 30.6 Å². The summed E-state index contributed by atoms with van der Waals surface area (Å²) in [6, 6.07) is 0. The molecule has 2 aromatic heterocycles. The highest BCUT2D eigenvalue weighted by Crippen LogP contribution is 1.92. The van der Waals surface area contributed by atoms with Gasteiger partial charge in [0.1, 0.15) is 6.42 Å². The Hall–Kier alpha value is -5.28. The zero-order valence-electron chi connectivity index (χ0n) is 19.3.